The number of carbonyl (C=O) groups is 1. The molecule has 0 aliphatic heterocycles. The van der Waals surface area contributed by atoms with Crippen LogP contribution in [-0.4, -0.2) is 38.6 Å². The summed E-state index contributed by atoms with van der Waals surface area (Å²) in [7, 11) is -1.58. The van der Waals surface area contributed by atoms with Crippen LogP contribution in [0.25, 0.3) is 0 Å². The van der Waals surface area contributed by atoms with E-state index in [9.17, 15) is 13.2 Å². The summed E-state index contributed by atoms with van der Waals surface area (Å²) in [6, 6.07) is 14.8. The summed E-state index contributed by atoms with van der Waals surface area (Å²) >= 11 is 0. The number of nitrogens with zero attached hydrogens (tertiary/aromatic N) is 2. The number of nitriles is 1. The van der Waals surface area contributed by atoms with Gasteiger partial charge in [-0.05, 0) is 55.8 Å². The Balaban J connectivity index is 2.07. The molecule has 1 amide bonds. The lowest BCUT2D eigenvalue weighted by Crippen LogP contribution is -2.39. The molecule has 2 rings (SSSR count). The average molecular weight is 386 g/mol. The fourth-order valence-corrected chi connectivity index (χ4v) is 3.19. The van der Waals surface area contributed by atoms with Crippen molar-refractivity contribution in [1.29, 1.82) is 5.26 Å². The molecule has 7 heteroatoms. The Bertz CT molecular complexity index is 945. The molecule has 0 fully saturated rings. The summed E-state index contributed by atoms with van der Waals surface area (Å²) in [5.74, 6) is 0.299. The lowest BCUT2D eigenvalue weighted by atomic mass is 10.1. The molecule has 2 aromatic carbocycles. The second-order valence-electron chi connectivity index (χ2n) is 6.36. The van der Waals surface area contributed by atoms with Crippen molar-refractivity contribution in [2.45, 2.75) is 30.9 Å². The highest BCUT2D eigenvalue weighted by Gasteiger charge is 2.24. The van der Waals surface area contributed by atoms with Crippen LogP contribution in [0.4, 0.5) is 0 Å². The Morgan fingerprint density at radius 2 is 1.63 bits per heavy atom. The third-order valence-electron chi connectivity index (χ3n) is 4.36. The second-order valence-corrected chi connectivity index (χ2v) is 8.38. The number of rotatable bonds is 6. The molecule has 0 bridgehead atoms. The summed E-state index contributed by atoms with van der Waals surface area (Å²) < 4.78 is 28.8. The molecule has 0 aliphatic rings. The van der Waals surface area contributed by atoms with Crippen molar-refractivity contribution in [2.24, 2.45) is 0 Å². The summed E-state index contributed by atoms with van der Waals surface area (Å²) in [6.07, 6.45) is 0.448. The minimum absolute atomic E-state index is 0.209. The van der Waals surface area contributed by atoms with Crippen LogP contribution in [0, 0.1) is 11.3 Å². The SMILES string of the molecule is CC(Oc1ccc(C#N)cc1)C(=O)N(C)C(C)c1ccc(S(C)(=O)=O)cc1. The minimum atomic E-state index is -3.26. The quantitative estimate of drug-likeness (QED) is 0.762. The van der Waals surface area contributed by atoms with E-state index in [0.29, 0.717) is 11.3 Å². The Kier molecular flexibility index (Phi) is 6.24. The van der Waals surface area contributed by atoms with Gasteiger partial charge in [0.05, 0.1) is 22.6 Å². The third-order valence-corrected chi connectivity index (χ3v) is 5.49. The van der Waals surface area contributed by atoms with Crippen molar-refractivity contribution in [3.63, 3.8) is 0 Å². The van der Waals surface area contributed by atoms with E-state index in [1.54, 1.807) is 55.3 Å². The molecule has 0 aliphatic carbocycles. The van der Waals surface area contributed by atoms with Gasteiger partial charge in [0.25, 0.3) is 5.91 Å². The van der Waals surface area contributed by atoms with Gasteiger partial charge in [-0.2, -0.15) is 5.26 Å². The van der Waals surface area contributed by atoms with Gasteiger partial charge in [0, 0.05) is 13.3 Å². The van der Waals surface area contributed by atoms with Gasteiger partial charge in [0.2, 0.25) is 0 Å². The maximum atomic E-state index is 12.7. The topological polar surface area (TPSA) is 87.5 Å². The highest BCUT2D eigenvalue weighted by molar-refractivity contribution is 7.90. The molecule has 0 saturated carbocycles. The molecule has 142 valence electrons. The van der Waals surface area contributed by atoms with Gasteiger partial charge in [0.15, 0.2) is 15.9 Å². The van der Waals surface area contributed by atoms with Crippen molar-refractivity contribution in [3.8, 4) is 11.8 Å². The first kappa shape index (κ1) is 20.5. The lowest BCUT2D eigenvalue weighted by Gasteiger charge is -2.28. The second kappa shape index (κ2) is 8.23. The largest absolute Gasteiger partial charge is 0.481 e. The first-order valence-corrected chi connectivity index (χ1v) is 10.3. The standard InChI is InChI=1S/C20H22N2O4S/c1-14(17-7-11-19(12-8-17)27(4,24)25)22(3)20(23)15(2)26-18-9-5-16(13-21)6-10-18/h5-12,14-15H,1-4H3. The Morgan fingerprint density at radius 1 is 1.07 bits per heavy atom. The number of ether oxygens (including phenoxy) is 1. The fraction of sp³-hybridized carbons (Fsp3) is 0.300. The zero-order chi connectivity index (χ0) is 20.2. The van der Waals surface area contributed by atoms with E-state index in [0.717, 1.165) is 11.8 Å². The van der Waals surface area contributed by atoms with Crippen LogP contribution < -0.4 is 4.74 Å². The van der Waals surface area contributed by atoms with E-state index in [1.807, 2.05) is 13.0 Å². The van der Waals surface area contributed by atoms with E-state index in [-0.39, 0.29) is 16.8 Å². The summed E-state index contributed by atoms with van der Waals surface area (Å²) in [5.41, 5.74) is 1.34. The molecule has 2 unspecified atom stereocenters. The molecule has 6 nitrogen and oxygen atoms in total. The van der Waals surface area contributed by atoms with Gasteiger partial charge < -0.3 is 9.64 Å². The highest BCUT2D eigenvalue weighted by Crippen LogP contribution is 2.22. The molecule has 2 aromatic rings. The summed E-state index contributed by atoms with van der Waals surface area (Å²) in [5, 5.41) is 8.82. The van der Waals surface area contributed by atoms with Gasteiger partial charge >= 0.3 is 0 Å². The zero-order valence-electron chi connectivity index (χ0n) is 15.7. The molecule has 0 spiro atoms. The Morgan fingerprint density at radius 3 is 2.11 bits per heavy atom. The van der Waals surface area contributed by atoms with Gasteiger partial charge in [-0.25, -0.2) is 8.42 Å². The van der Waals surface area contributed by atoms with E-state index in [4.69, 9.17) is 10.00 Å². The monoisotopic (exact) mass is 386 g/mol. The van der Waals surface area contributed by atoms with Crippen LogP contribution in [0.1, 0.15) is 31.0 Å². The molecule has 0 radical (unpaired) electrons. The molecular weight excluding hydrogens is 364 g/mol. The number of likely N-dealkylation sites (N-methyl/N-ethyl adjacent to an activating group) is 1. The smallest absolute Gasteiger partial charge is 0.263 e. The number of sulfone groups is 1. The van der Waals surface area contributed by atoms with Gasteiger partial charge in [-0.15, -0.1) is 0 Å². The highest BCUT2D eigenvalue weighted by atomic mass is 32.2. The fourth-order valence-electron chi connectivity index (χ4n) is 2.56. The molecular formula is C20H22N2O4S. The van der Waals surface area contributed by atoms with E-state index >= 15 is 0 Å². The van der Waals surface area contributed by atoms with Crippen molar-refractivity contribution < 1.29 is 17.9 Å². The third kappa shape index (κ3) is 5.08. The van der Waals surface area contributed by atoms with E-state index in [2.05, 4.69) is 0 Å². The average Bonchev–Trinajstić information content (AvgIpc) is 2.66. The normalized spacial score (nSPS) is 13.3. The number of amides is 1. The van der Waals surface area contributed by atoms with Crippen LogP contribution in [0.2, 0.25) is 0 Å². The number of benzene rings is 2. The van der Waals surface area contributed by atoms with Crippen LogP contribution >= 0.6 is 0 Å². The van der Waals surface area contributed by atoms with Crippen molar-refractivity contribution in [3.05, 3.63) is 59.7 Å². The van der Waals surface area contributed by atoms with E-state index < -0.39 is 15.9 Å². The van der Waals surface area contributed by atoms with Crippen molar-refractivity contribution in [2.75, 3.05) is 13.3 Å². The minimum Gasteiger partial charge on any atom is -0.481 e. The van der Waals surface area contributed by atoms with Gasteiger partial charge in [-0.3, -0.25) is 4.79 Å². The summed E-state index contributed by atoms with van der Waals surface area (Å²) in [4.78, 5) is 14.5. The zero-order valence-corrected chi connectivity index (χ0v) is 16.5. The number of carbonyl (C=O) groups excluding carboxylic acids is 1. The van der Waals surface area contributed by atoms with Crippen LogP contribution in [0.3, 0.4) is 0 Å². The van der Waals surface area contributed by atoms with Crippen LogP contribution in [0.5, 0.6) is 5.75 Å². The molecule has 0 aromatic heterocycles. The van der Waals surface area contributed by atoms with Crippen LogP contribution in [0.15, 0.2) is 53.4 Å². The van der Waals surface area contributed by atoms with Gasteiger partial charge in [0.1, 0.15) is 5.75 Å². The van der Waals surface area contributed by atoms with Crippen LogP contribution in [-0.2, 0) is 14.6 Å². The molecule has 2 atom stereocenters. The predicted molar refractivity (Wildman–Crippen MR) is 102 cm³/mol. The maximum absolute atomic E-state index is 12.7. The first-order chi connectivity index (χ1) is 12.6. The molecule has 0 saturated heterocycles. The Labute approximate surface area is 159 Å². The maximum Gasteiger partial charge on any atom is 0.263 e. The number of hydrogen-bond donors (Lipinski definition) is 0. The van der Waals surface area contributed by atoms with Crippen molar-refractivity contribution >= 4 is 15.7 Å². The molecule has 27 heavy (non-hydrogen) atoms. The Hall–Kier alpha value is -2.85. The molecule has 0 heterocycles. The molecule has 0 N–H and O–H groups in total. The number of hydrogen-bond acceptors (Lipinski definition) is 5. The van der Waals surface area contributed by atoms with Crippen molar-refractivity contribution in [1.82, 2.24) is 4.90 Å². The van der Waals surface area contributed by atoms with E-state index in [1.165, 1.54) is 12.1 Å². The lowest BCUT2D eigenvalue weighted by molar-refractivity contribution is -0.138. The predicted octanol–water partition coefficient (Wildman–Crippen LogP) is 2.95. The first-order valence-electron chi connectivity index (χ1n) is 8.37. The van der Waals surface area contributed by atoms with Gasteiger partial charge in [-0.1, -0.05) is 12.1 Å². The summed E-state index contributed by atoms with van der Waals surface area (Å²) in [6.45, 7) is 3.53.